The van der Waals surface area contributed by atoms with Crippen molar-refractivity contribution in [1.29, 1.82) is 0 Å². The molecule has 1 N–H and O–H groups in total. The Morgan fingerprint density at radius 1 is 1.10 bits per heavy atom. The van der Waals surface area contributed by atoms with Gasteiger partial charge in [-0.15, -0.1) is 0 Å². The van der Waals surface area contributed by atoms with Gasteiger partial charge < -0.3 is 10.2 Å². The fourth-order valence-corrected chi connectivity index (χ4v) is 2.28. The first-order chi connectivity index (χ1) is 10.2. The molecule has 108 valence electrons. The van der Waals surface area contributed by atoms with E-state index in [4.69, 9.17) is 0 Å². The number of aromatic nitrogens is 2. The maximum absolute atomic E-state index is 12.8. The Labute approximate surface area is 121 Å². The SMILES string of the molecule is O=C(Nc1ccc(F)cc1)c1cnc(N2CCCC2)cn1. The topological polar surface area (TPSA) is 58.1 Å². The van der Waals surface area contributed by atoms with Crippen LogP contribution in [0.15, 0.2) is 36.7 Å². The molecule has 5 nitrogen and oxygen atoms in total. The fourth-order valence-electron chi connectivity index (χ4n) is 2.28. The lowest BCUT2D eigenvalue weighted by Gasteiger charge is -2.15. The fraction of sp³-hybridized carbons (Fsp3) is 0.267. The van der Waals surface area contributed by atoms with E-state index in [-0.39, 0.29) is 17.4 Å². The minimum Gasteiger partial charge on any atom is -0.355 e. The van der Waals surface area contributed by atoms with Crippen LogP contribution in [0.3, 0.4) is 0 Å². The molecule has 2 aromatic rings. The molecule has 1 aromatic heterocycles. The predicted molar refractivity (Wildman–Crippen MR) is 77.8 cm³/mol. The average molecular weight is 286 g/mol. The lowest BCUT2D eigenvalue weighted by Crippen LogP contribution is -2.20. The number of hydrogen-bond acceptors (Lipinski definition) is 4. The zero-order chi connectivity index (χ0) is 14.7. The van der Waals surface area contributed by atoms with E-state index in [2.05, 4.69) is 20.2 Å². The highest BCUT2D eigenvalue weighted by Crippen LogP contribution is 2.16. The van der Waals surface area contributed by atoms with Gasteiger partial charge in [-0.2, -0.15) is 0 Å². The molecule has 1 aliphatic rings. The lowest BCUT2D eigenvalue weighted by molar-refractivity contribution is 0.102. The molecular formula is C15H15FN4O. The molecule has 21 heavy (non-hydrogen) atoms. The van der Waals surface area contributed by atoms with E-state index in [1.165, 1.54) is 30.5 Å². The molecule has 1 aromatic carbocycles. The van der Waals surface area contributed by atoms with Gasteiger partial charge in [-0.1, -0.05) is 0 Å². The van der Waals surface area contributed by atoms with Crippen LogP contribution >= 0.6 is 0 Å². The van der Waals surface area contributed by atoms with Crippen LogP contribution in [0.4, 0.5) is 15.9 Å². The second-order valence-electron chi connectivity index (χ2n) is 4.92. The summed E-state index contributed by atoms with van der Waals surface area (Å²) in [5.41, 5.74) is 0.758. The summed E-state index contributed by atoms with van der Waals surface area (Å²) in [6.07, 6.45) is 5.40. The molecule has 1 saturated heterocycles. The van der Waals surface area contributed by atoms with Gasteiger partial charge in [-0.3, -0.25) is 4.79 Å². The van der Waals surface area contributed by atoms with E-state index in [1.54, 1.807) is 6.20 Å². The number of halogens is 1. The van der Waals surface area contributed by atoms with Crippen molar-refractivity contribution >= 4 is 17.4 Å². The Kier molecular flexibility index (Phi) is 3.77. The molecule has 0 bridgehead atoms. The molecule has 2 heterocycles. The number of carbonyl (C=O) groups excluding carboxylic acids is 1. The van der Waals surface area contributed by atoms with Crippen LogP contribution in [0.5, 0.6) is 0 Å². The molecule has 3 rings (SSSR count). The van der Waals surface area contributed by atoms with Gasteiger partial charge in [0.25, 0.3) is 5.91 Å². The van der Waals surface area contributed by atoms with E-state index in [0.29, 0.717) is 5.69 Å². The molecular weight excluding hydrogens is 271 g/mol. The number of benzene rings is 1. The molecule has 1 aliphatic heterocycles. The Bertz CT molecular complexity index is 621. The summed E-state index contributed by atoms with van der Waals surface area (Å²) in [6, 6.07) is 5.58. The maximum Gasteiger partial charge on any atom is 0.275 e. The van der Waals surface area contributed by atoms with E-state index in [1.807, 2.05) is 0 Å². The Morgan fingerprint density at radius 2 is 1.81 bits per heavy atom. The quantitative estimate of drug-likeness (QED) is 0.941. The second-order valence-corrected chi connectivity index (χ2v) is 4.92. The molecule has 1 fully saturated rings. The van der Waals surface area contributed by atoms with Crippen molar-refractivity contribution in [2.75, 3.05) is 23.3 Å². The normalized spacial score (nSPS) is 14.2. The van der Waals surface area contributed by atoms with Gasteiger partial charge in [0.2, 0.25) is 0 Å². The smallest absolute Gasteiger partial charge is 0.275 e. The number of rotatable bonds is 3. The van der Waals surface area contributed by atoms with Crippen molar-refractivity contribution in [1.82, 2.24) is 9.97 Å². The molecule has 0 atom stereocenters. The highest BCUT2D eigenvalue weighted by atomic mass is 19.1. The van der Waals surface area contributed by atoms with Crippen LogP contribution < -0.4 is 10.2 Å². The summed E-state index contributed by atoms with van der Waals surface area (Å²) in [7, 11) is 0. The number of nitrogens with one attached hydrogen (secondary N) is 1. The first kappa shape index (κ1) is 13.5. The van der Waals surface area contributed by atoms with Crippen LogP contribution in [-0.2, 0) is 0 Å². The zero-order valence-electron chi connectivity index (χ0n) is 11.4. The third-order valence-electron chi connectivity index (χ3n) is 3.40. The van der Waals surface area contributed by atoms with Crippen molar-refractivity contribution in [2.45, 2.75) is 12.8 Å². The van der Waals surface area contributed by atoms with E-state index in [0.717, 1.165) is 31.7 Å². The number of nitrogens with zero attached hydrogens (tertiary/aromatic N) is 3. The third-order valence-corrected chi connectivity index (χ3v) is 3.40. The van der Waals surface area contributed by atoms with Gasteiger partial charge in [0.1, 0.15) is 17.3 Å². The number of anilines is 2. The number of hydrogen-bond donors (Lipinski definition) is 1. The summed E-state index contributed by atoms with van der Waals surface area (Å²) in [6.45, 7) is 1.96. The minimum absolute atomic E-state index is 0.238. The van der Waals surface area contributed by atoms with Crippen molar-refractivity contribution in [2.24, 2.45) is 0 Å². The van der Waals surface area contributed by atoms with Crippen molar-refractivity contribution in [3.05, 3.63) is 48.2 Å². The Hall–Kier alpha value is -2.50. The van der Waals surface area contributed by atoms with E-state index < -0.39 is 0 Å². The van der Waals surface area contributed by atoms with Crippen molar-refractivity contribution in [3.63, 3.8) is 0 Å². The summed E-state index contributed by atoms with van der Waals surface area (Å²) < 4.78 is 12.8. The van der Waals surface area contributed by atoms with Crippen LogP contribution in [0.2, 0.25) is 0 Å². The van der Waals surface area contributed by atoms with Crippen LogP contribution in [0, 0.1) is 5.82 Å². The molecule has 0 spiro atoms. The summed E-state index contributed by atoms with van der Waals surface area (Å²) in [5.74, 6) is 0.0932. The molecule has 6 heteroatoms. The Morgan fingerprint density at radius 3 is 2.43 bits per heavy atom. The van der Waals surface area contributed by atoms with Crippen LogP contribution in [0.1, 0.15) is 23.3 Å². The average Bonchev–Trinajstić information content (AvgIpc) is 3.04. The van der Waals surface area contributed by atoms with Crippen LogP contribution in [-0.4, -0.2) is 29.0 Å². The molecule has 0 aliphatic carbocycles. The monoisotopic (exact) mass is 286 g/mol. The first-order valence-corrected chi connectivity index (χ1v) is 6.86. The summed E-state index contributed by atoms with van der Waals surface area (Å²) in [4.78, 5) is 22.6. The van der Waals surface area contributed by atoms with E-state index >= 15 is 0 Å². The van der Waals surface area contributed by atoms with Crippen LogP contribution in [0.25, 0.3) is 0 Å². The van der Waals surface area contributed by atoms with Gasteiger partial charge in [0.15, 0.2) is 0 Å². The highest BCUT2D eigenvalue weighted by Gasteiger charge is 2.15. The minimum atomic E-state index is -0.359. The van der Waals surface area contributed by atoms with Crippen molar-refractivity contribution in [3.8, 4) is 0 Å². The summed E-state index contributed by atoms with van der Waals surface area (Å²) in [5, 5.41) is 2.65. The predicted octanol–water partition coefficient (Wildman–Crippen LogP) is 2.47. The molecule has 0 radical (unpaired) electrons. The van der Waals surface area contributed by atoms with Gasteiger partial charge >= 0.3 is 0 Å². The highest BCUT2D eigenvalue weighted by molar-refractivity contribution is 6.02. The standard InChI is InChI=1S/C15H15FN4O/c16-11-3-5-12(6-4-11)19-15(21)13-9-18-14(10-17-13)20-7-1-2-8-20/h3-6,9-10H,1-2,7-8H2,(H,19,21). The van der Waals surface area contributed by atoms with Crippen molar-refractivity contribution < 1.29 is 9.18 Å². The number of amides is 1. The second kappa shape index (κ2) is 5.87. The molecule has 0 unspecified atom stereocenters. The van der Waals surface area contributed by atoms with E-state index in [9.17, 15) is 9.18 Å². The molecule has 0 saturated carbocycles. The largest absolute Gasteiger partial charge is 0.355 e. The van der Waals surface area contributed by atoms with Gasteiger partial charge in [-0.25, -0.2) is 14.4 Å². The number of carbonyl (C=O) groups is 1. The zero-order valence-corrected chi connectivity index (χ0v) is 11.4. The lowest BCUT2D eigenvalue weighted by atomic mass is 10.3. The van der Waals surface area contributed by atoms with Gasteiger partial charge in [0.05, 0.1) is 12.4 Å². The van der Waals surface area contributed by atoms with Gasteiger partial charge in [-0.05, 0) is 37.1 Å². The maximum atomic E-state index is 12.8. The van der Waals surface area contributed by atoms with Gasteiger partial charge in [0, 0.05) is 18.8 Å². The summed E-state index contributed by atoms with van der Waals surface area (Å²) >= 11 is 0. The first-order valence-electron chi connectivity index (χ1n) is 6.86. The Balaban J connectivity index is 1.68. The molecule has 1 amide bonds. The third kappa shape index (κ3) is 3.16.